The summed E-state index contributed by atoms with van der Waals surface area (Å²) in [4.78, 5) is 13.8. The highest BCUT2D eigenvalue weighted by Gasteiger charge is 2.24. The summed E-state index contributed by atoms with van der Waals surface area (Å²) in [6.45, 7) is 1.65. The molecule has 1 fully saturated rings. The molecule has 116 valence electrons. The van der Waals surface area contributed by atoms with E-state index in [2.05, 4.69) is 0 Å². The molecule has 6 heteroatoms. The van der Waals surface area contributed by atoms with Gasteiger partial charge in [0.15, 0.2) is 11.6 Å². The zero-order valence-electron chi connectivity index (χ0n) is 11.7. The van der Waals surface area contributed by atoms with Gasteiger partial charge in [-0.05, 0) is 18.9 Å². The van der Waals surface area contributed by atoms with Crippen LogP contribution >= 0.6 is 11.6 Å². The van der Waals surface area contributed by atoms with Gasteiger partial charge in [-0.15, -0.1) is 11.6 Å². The van der Waals surface area contributed by atoms with Crippen molar-refractivity contribution in [2.24, 2.45) is 0 Å². The minimum absolute atomic E-state index is 0.0977. The quantitative estimate of drug-likeness (QED) is 0.782. The van der Waals surface area contributed by atoms with E-state index in [1.165, 1.54) is 12.1 Å². The standard InChI is InChI=1S/C15H18ClF2NO2/c16-6-9-21-12-4-7-19(8-5-12)14(20)10-11-2-1-3-13(17)15(11)18/h1-3,12H,4-10H2. The fourth-order valence-electron chi connectivity index (χ4n) is 2.44. The Hall–Kier alpha value is -1.20. The molecule has 0 aromatic heterocycles. The molecule has 0 bridgehead atoms. The second-order valence-electron chi connectivity index (χ2n) is 5.03. The number of piperidine rings is 1. The van der Waals surface area contributed by atoms with Crippen LogP contribution in [0.5, 0.6) is 0 Å². The molecule has 1 heterocycles. The molecule has 1 aliphatic rings. The summed E-state index contributed by atoms with van der Waals surface area (Å²) in [7, 11) is 0. The maximum Gasteiger partial charge on any atom is 0.227 e. The molecule has 0 atom stereocenters. The third-order valence-electron chi connectivity index (χ3n) is 3.60. The molecule has 0 saturated carbocycles. The maximum absolute atomic E-state index is 13.6. The number of alkyl halides is 1. The molecule has 2 rings (SSSR count). The van der Waals surface area contributed by atoms with Crippen LogP contribution in [0.4, 0.5) is 8.78 Å². The lowest BCUT2D eigenvalue weighted by molar-refractivity contribution is -0.133. The highest BCUT2D eigenvalue weighted by atomic mass is 35.5. The molecular weight excluding hydrogens is 300 g/mol. The van der Waals surface area contributed by atoms with Gasteiger partial charge in [-0.1, -0.05) is 12.1 Å². The van der Waals surface area contributed by atoms with E-state index in [0.29, 0.717) is 25.6 Å². The van der Waals surface area contributed by atoms with Crippen molar-refractivity contribution in [3.05, 3.63) is 35.4 Å². The summed E-state index contributed by atoms with van der Waals surface area (Å²) in [6, 6.07) is 3.89. The van der Waals surface area contributed by atoms with Crippen molar-refractivity contribution in [3.63, 3.8) is 0 Å². The third kappa shape index (κ3) is 4.38. The fourth-order valence-corrected chi connectivity index (χ4v) is 2.53. The largest absolute Gasteiger partial charge is 0.377 e. The lowest BCUT2D eigenvalue weighted by atomic mass is 10.1. The number of carbonyl (C=O) groups excluding carboxylic acids is 1. The molecule has 21 heavy (non-hydrogen) atoms. The minimum Gasteiger partial charge on any atom is -0.377 e. The zero-order chi connectivity index (χ0) is 15.2. The molecule has 1 aromatic rings. The summed E-state index contributed by atoms with van der Waals surface area (Å²) < 4.78 is 32.2. The van der Waals surface area contributed by atoms with E-state index in [0.717, 1.165) is 18.9 Å². The second kappa shape index (κ2) is 7.71. The first-order valence-electron chi connectivity index (χ1n) is 7.00. The SMILES string of the molecule is O=C(Cc1cccc(F)c1F)N1CCC(OCCCl)CC1. The van der Waals surface area contributed by atoms with Crippen LogP contribution < -0.4 is 0 Å². The summed E-state index contributed by atoms with van der Waals surface area (Å²) in [5.41, 5.74) is 0.0977. The van der Waals surface area contributed by atoms with Gasteiger partial charge in [-0.25, -0.2) is 8.78 Å². The maximum atomic E-state index is 13.6. The predicted molar refractivity (Wildman–Crippen MR) is 76.3 cm³/mol. The van der Waals surface area contributed by atoms with Crippen LogP contribution in [0, 0.1) is 11.6 Å². The molecule has 1 saturated heterocycles. The van der Waals surface area contributed by atoms with Crippen molar-refractivity contribution in [2.45, 2.75) is 25.4 Å². The first kappa shape index (κ1) is 16.2. The van der Waals surface area contributed by atoms with E-state index in [1.54, 1.807) is 4.90 Å². The molecule has 3 nitrogen and oxygen atoms in total. The number of nitrogens with zero attached hydrogens (tertiary/aromatic N) is 1. The number of ether oxygens (including phenoxy) is 1. The Morgan fingerprint density at radius 3 is 2.71 bits per heavy atom. The summed E-state index contributed by atoms with van der Waals surface area (Å²) in [5, 5.41) is 0. The number of benzene rings is 1. The Bertz CT molecular complexity index is 491. The summed E-state index contributed by atoms with van der Waals surface area (Å²) in [5.74, 6) is -1.59. The summed E-state index contributed by atoms with van der Waals surface area (Å²) >= 11 is 5.56. The third-order valence-corrected chi connectivity index (χ3v) is 3.75. The van der Waals surface area contributed by atoms with E-state index in [-0.39, 0.29) is 24.0 Å². The van der Waals surface area contributed by atoms with Crippen molar-refractivity contribution in [1.29, 1.82) is 0 Å². The van der Waals surface area contributed by atoms with E-state index >= 15 is 0 Å². The van der Waals surface area contributed by atoms with Crippen LogP contribution in [-0.2, 0) is 16.0 Å². The van der Waals surface area contributed by atoms with Gasteiger partial charge in [0.05, 0.1) is 19.1 Å². The molecule has 0 radical (unpaired) electrons. The molecule has 0 aliphatic carbocycles. The van der Waals surface area contributed by atoms with Crippen molar-refractivity contribution >= 4 is 17.5 Å². The topological polar surface area (TPSA) is 29.5 Å². The highest BCUT2D eigenvalue weighted by molar-refractivity contribution is 6.17. The normalized spacial score (nSPS) is 16.2. The number of likely N-dealkylation sites (tertiary alicyclic amines) is 1. The number of hydrogen-bond donors (Lipinski definition) is 0. The lowest BCUT2D eigenvalue weighted by Gasteiger charge is -2.32. The van der Waals surface area contributed by atoms with Crippen LogP contribution in [0.2, 0.25) is 0 Å². The van der Waals surface area contributed by atoms with Gasteiger partial charge in [0.2, 0.25) is 5.91 Å². The number of hydrogen-bond acceptors (Lipinski definition) is 2. The molecule has 0 spiro atoms. The molecule has 0 N–H and O–H groups in total. The molecular formula is C15H18ClF2NO2. The van der Waals surface area contributed by atoms with Crippen LogP contribution in [0.3, 0.4) is 0 Å². The van der Waals surface area contributed by atoms with Gasteiger partial charge in [0, 0.05) is 24.5 Å². The smallest absolute Gasteiger partial charge is 0.227 e. The van der Waals surface area contributed by atoms with Gasteiger partial charge in [-0.2, -0.15) is 0 Å². The first-order valence-corrected chi connectivity index (χ1v) is 7.53. The van der Waals surface area contributed by atoms with Gasteiger partial charge in [0.1, 0.15) is 0 Å². The average molecular weight is 318 g/mol. The van der Waals surface area contributed by atoms with E-state index in [4.69, 9.17) is 16.3 Å². The molecule has 0 unspecified atom stereocenters. The number of amides is 1. The fraction of sp³-hybridized carbons (Fsp3) is 0.533. The van der Waals surface area contributed by atoms with E-state index < -0.39 is 11.6 Å². The Kier molecular flexibility index (Phi) is 5.94. The Morgan fingerprint density at radius 2 is 2.05 bits per heavy atom. The lowest BCUT2D eigenvalue weighted by Crippen LogP contribution is -2.41. The van der Waals surface area contributed by atoms with Gasteiger partial charge in [0.25, 0.3) is 0 Å². The van der Waals surface area contributed by atoms with Crippen molar-refractivity contribution in [2.75, 3.05) is 25.6 Å². The van der Waals surface area contributed by atoms with E-state index in [1.807, 2.05) is 0 Å². The van der Waals surface area contributed by atoms with Crippen LogP contribution in [0.25, 0.3) is 0 Å². The molecule has 1 amide bonds. The minimum atomic E-state index is -0.939. The van der Waals surface area contributed by atoms with E-state index in [9.17, 15) is 13.6 Å². The van der Waals surface area contributed by atoms with Gasteiger partial charge < -0.3 is 9.64 Å². The Morgan fingerprint density at radius 1 is 1.33 bits per heavy atom. The highest BCUT2D eigenvalue weighted by Crippen LogP contribution is 2.17. The first-order chi connectivity index (χ1) is 10.1. The van der Waals surface area contributed by atoms with Gasteiger partial charge >= 0.3 is 0 Å². The van der Waals surface area contributed by atoms with Crippen LogP contribution in [-0.4, -0.2) is 42.5 Å². The van der Waals surface area contributed by atoms with Crippen LogP contribution in [0.1, 0.15) is 18.4 Å². The summed E-state index contributed by atoms with van der Waals surface area (Å²) in [6.07, 6.45) is 1.50. The average Bonchev–Trinajstić information content (AvgIpc) is 2.50. The number of rotatable bonds is 5. The second-order valence-corrected chi connectivity index (χ2v) is 5.41. The van der Waals surface area contributed by atoms with Crippen molar-refractivity contribution < 1.29 is 18.3 Å². The molecule has 1 aromatic carbocycles. The zero-order valence-corrected chi connectivity index (χ0v) is 12.4. The Labute approximate surface area is 127 Å². The number of carbonyl (C=O) groups is 1. The predicted octanol–water partition coefficient (Wildman–Crippen LogP) is 2.75. The Balaban J connectivity index is 1.86. The molecule has 1 aliphatic heterocycles. The van der Waals surface area contributed by atoms with Gasteiger partial charge in [-0.3, -0.25) is 4.79 Å². The number of halogens is 3. The van der Waals surface area contributed by atoms with Crippen LogP contribution in [0.15, 0.2) is 18.2 Å². The van der Waals surface area contributed by atoms with Crippen molar-refractivity contribution in [3.8, 4) is 0 Å². The van der Waals surface area contributed by atoms with Crippen molar-refractivity contribution in [1.82, 2.24) is 4.90 Å². The monoisotopic (exact) mass is 317 g/mol.